The molecule has 0 aliphatic carbocycles. The van der Waals surface area contributed by atoms with Crippen molar-refractivity contribution in [2.45, 2.75) is 37.0 Å². The fourth-order valence-electron chi connectivity index (χ4n) is 0.735. The highest BCUT2D eigenvalue weighted by atomic mass is 19.4. The minimum absolute atomic E-state index is 0.249. The maximum atomic E-state index is 12.6. The number of hydrogen-bond acceptors (Lipinski definition) is 2. The molecule has 0 aliphatic heterocycles. The third kappa shape index (κ3) is 4.98. The molecule has 0 spiro atoms. The first-order chi connectivity index (χ1) is 8.97. The van der Waals surface area contributed by atoms with Crippen LogP contribution in [-0.2, 0) is 9.47 Å². The Balaban J connectivity index is 5.26. The minimum atomic E-state index is -6.78. The Kier molecular flexibility index (Phi) is 5.29. The Labute approximate surface area is 109 Å². The highest BCUT2D eigenvalue weighted by molar-refractivity contribution is 4.78. The van der Waals surface area contributed by atoms with E-state index in [9.17, 15) is 48.3 Å². The third-order valence-corrected chi connectivity index (χ3v) is 1.58. The van der Waals surface area contributed by atoms with Gasteiger partial charge in [0.1, 0.15) is 0 Å². The van der Waals surface area contributed by atoms with Gasteiger partial charge in [0.2, 0.25) is 0 Å². The second-order valence-electron chi connectivity index (χ2n) is 3.38. The van der Waals surface area contributed by atoms with Crippen molar-refractivity contribution in [3.8, 4) is 0 Å². The molecule has 0 rings (SSSR count). The molecule has 2 nitrogen and oxygen atoms in total. The van der Waals surface area contributed by atoms with Gasteiger partial charge in [0.05, 0.1) is 6.42 Å². The van der Waals surface area contributed by atoms with Gasteiger partial charge in [0, 0.05) is 0 Å². The van der Waals surface area contributed by atoms with Gasteiger partial charge in [-0.15, -0.1) is 6.58 Å². The molecule has 21 heavy (non-hydrogen) atoms. The summed E-state index contributed by atoms with van der Waals surface area (Å²) in [5.41, 5.74) is 0. The summed E-state index contributed by atoms with van der Waals surface area (Å²) in [5, 5.41) is 0. The zero-order valence-corrected chi connectivity index (χ0v) is 9.47. The molecule has 0 aromatic rings. The van der Waals surface area contributed by atoms with Crippen LogP contribution < -0.4 is 0 Å². The van der Waals surface area contributed by atoms with Crippen LogP contribution in [0.25, 0.3) is 0 Å². The first-order valence-corrected chi connectivity index (χ1v) is 4.57. The van der Waals surface area contributed by atoms with E-state index in [2.05, 4.69) is 11.3 Å². The molecule has 126 valence electrons. The molecule has 0 bridgehead atoms. The van der Waals surface area contributed by atoms with Crippen LogP contribution in [0.4, 0.5) is 48.3 Å². The van der Waals surface area contributed by atoms with E-state index in [1.54, 1.807) is 4.74 Å². The van der Waals surface area contributed by atoms with Crippen LogP contribution in [0.1, 0.15) is 6.42 Å². The van der Waals surface area contributed by atoms with E-state index < -0.39 is 37.0 Å². The monoisotopic (exact) mass is 342 g/mol. The van der Waals surface area contributed by atoms with Gasteiger partial charge < -0.3 is 0 Å². The van der Waals surface area contributed by atoms with Crippen molar-refractivity contribution < 1.29 is 57.8 Å². The van der Waals surface area contributed by atoms with E-state index in [0.29, 0.717) is 0 Å². The van der Waals surface area contributed by atoms with Crippen LogP contribution in [0.5, 0.6) is 0 Å². The molecule has 0 aromatic heterocycles. The van der Waals surface area contributed by atoms with Gasteiger partial charge in [0.15, 0.2) is 0 Å². The quantitative estimate of drug-likeness (QED) is 0.500. The molecular weight excluding hydrogens is 337 g/mol. The van der Waals surface area contributed by atoms with Gasteiger partial charge in [-0.1, -0.05) is 6.08 Å². The molecule has 0 atom stereocenters. The Morgan fingerprint density at radius 3 is 1.38 bits per heavy atom. The summed E-state index contributed by atoms with van der Waals surface area (Å²) >= 11 is 0. The maximum Gasteiger partial charge on any atom is 0.483 e. The number of alkyl halides is 11. The van der Waals surface area contributed by atoms with Gasteiger partial charge in [-0.05, 0) is 0 Å². The number of ether oxygens (including phenoxy) is 2. The lowest BCUT2D eigenvalue weighted by Crippen LogP contribution is -2.54. The molecule has 0 aliphatic rings. The van der Waals surface area contributed by atoms with Crippen LogP contribution in [0.15, 0.2) is 12.7 Å². The van der Waals surface area contributed by atoms with E-state index in [0.717, 1.165) is 0 Å². The highest BCUT2D eigenvalue weighted by Gasteiger charge is 2.72. The first kappa shape index (κ1) is 19.9. The second-order valence-corrected chi connectivity index (χ2v) is 3.38. The molecule has 0 unspecified atom stereocenters. The zero-order valence-electron chi connectivity index (χ0n) is 9.47. The standard InChI is InChI=1S/C8H5F11O2/c1-2-3-4(9,10)20-7(16,17)8(18,19)21-6(14,15)5(11,12)13/h2H,1,3H2. The van der Waals surface area contributed by atoms with Crippen LogP contribution in [0.2, 0.25) is 0 Å². The van der Waals surface area contributed by atoms with E-state index in [1.807, 2.05) is 0 Å². The fraction of sp³-hybridized carbons (Fsp3) is 0.750. The normalized spacial score (nSPS) is 15.2. The summed E-state index contributed by atoms with van der Waals surface area (Å²) in [6, 6.07) is 0. The van der Waals surface area contributed by atoms with E-state index >= 15 is 0 Å². The van der Waals surface area contributed by atoms with Crippen LogP contribution in [0.3, 0.4) is 0 Å². The molecular formula is C8H5F11O2. The van der Waals surface area contributed by atoms with Gasteiger partial charge in [-0.25, -0.2) is 9.47 Å². The largest absolute Gasteiger partial charge is 0.483 e. The molecule has 0 saturated heterocycles. The van der Waals surface area contributed by atoms with Crippen molar-refractivity contribution in [2.24, 2.45) is 0 Å². The zero-order chi connectivity index (χ0) is 17.3. The summed E-state index contributed by atoms with van der Waals surface area (Å²) in [6.07, 6.45) is -33.2. The summed E-state index contributed by atoms with van der Waals surface area (Å²) in [4.78, 5) is 0. The van der Waals surface area contributed by atoms with E-state index in [4.69, 9.17) is 0 Å². The molecule has 0 N–H and O–H groups in total. The molecule has 0 aromatic carbocycles. The summed E-state index contributed by atoms with van der Waals surface area (Å²) < 4.78 is 138. The number of hydrogen-bond donors (Lipinski definition) is 0. The lowest BCUT2D eigenvalue weighted by molar-refractivity contribution is -0.536. The van der Waals surface area contributed by atoms with Crippen molar-refractivity contribution >= 4 is 0 Å². The molecule has 0 amide bonds. The Morgan fingerprint density at radius 1 is 0.667 bits per heavy atom. The second kappa shape index (κ2) is 5.59. The fourth-order valence-corrected chi connectivity index (χ4v) is 0.735. The van der Waals surface area contributed by atoms with Crippen molar-refractivity contribution in [3.63, 3.8) is 0 Å². The van der Waals surface area contributed by atoms with E-state index in [-0.39, 0.29) is 6.08 Å². The predicted octanol–water partition coefficient (Wildman–Crippen LogP) is 4.53. The smallest absolute Gasteiger partial charge is 0.248 e. The third-order valence-electron chi connectivity index (χ3n) is 1.58. The highest BCUT2D eigenvalue weighted by Crippen LogP contribution is 2.47. The van der Waals surface area contributed by atoms with Crippen molar-refractivity contribution in [1.82, 2.24) is 0 Å². The minimum Gasteiger partial charge on any atom is -0.248 e. The summed E-state index contributed by atoms with van der Waals surface area (Å²) in [7, 11) is 0. The maximum absolute atomic E-state index is 12.6. The van der Waals surface area contributed by atoms with Crippen molar-refractivity contribution in [2.75, 3.05) is 0 Å². The molecule has 0 saturated carbocycles. The van der Waals surface area contributed by atoms with Crippen LogP contribution in [-0.4, -0.2) is 30.6 Å². The summed E-state index contributed by atoms with van der Waals surface area (Å²) in [6.45, 7) is 2.64. The average molecular weight is 342 g/mol. The topological polar surface area (TPSA) is 18.5 Å². The Hall–Kier alpha value is -1.11. The van der Waals surface area contributed by atoms with Crippen LogP contribution >= 0.6 is 0 Å². The molecule has 0 heterocycles. The lowest BCUT2D eigenvalue weighted by Gasteiger charge is -2.31. The first-order valence-electron chi connectivity index (χ1n) is 4.57. The molecule has 0 fully saturated rings. The van der Waals surface area contributed by atoms with Gasteiger partial charge in [-0.2, -0.15) is 48.3 Å². The lowest BCUT2D eigenvalue weighted by atomic mass is 10.4. The SMILES string of the molecule is C=CCC(F)(F)OC(F)(F)C(F)(F)OC(F)(F)C(F)(F)F. The molecule has 13 heteroatoms. The van der Waals surface area contributed by atoms with E-state index in [1.165, 1.54) is 0 Å². The Morgan fingerprint density at radius 2 is 1.05 bits per heavy atom. The molecule has 0 radical (unpaired) electrons. The predicted molar refractivity (Wildman–Crippen MR) is 42.8 cm³/mol. The van der Waals surface area contributed by atoms with Crippen molar-refractivity contribution in [1.29, 1.82) is 0 Å². The summed E-state index contributed by atoms with van der Waals surface area (Å²) in [5.74, 6) is 0. The van der Waals surface area contributed by atoms with Crippen molar-refractivity contribution in [3.05, 3.63) is 12.7 Å². The average Bonchev–Trinajstić information content (AvgIpc) is 2.10. The van der Waals surface area contributed by atoms with Gasteiger partial charge in [0.25, 0.3) is 0 Å². The van der Waals surface area contributed by atoms with Gasteiger partial charge >= 0.3 is 30.6 Å². The Bertz CT molecular complexity index is 373. The number of halogens is 11. The van der Waals surface area contributed by atoms with Gasteiger partial charge in [-0.3, -0.25) is 0 Å². The van der Waals surface area contributed by atoms with Crippen LogP contribution in [0, 0.1) is 0 Å². The number of rotatable bonds is 7.